The van der Waals surface area contributed by atoms with E-state index in [0.717, 1.165) is 18.5 Å². The van der Waals surface area contributed by atoms with Crippen molar-refractivity contribution in [3.8, 4) is 0 Å². The van der Waals surface area contributed by atoms with Crippen LogP contribution in [0, 0.1) is 5.92 Å². The van der Waals surface area contributed by atoms with Gasteiger partial charge < -0.3 is 14.8 Å². The summed E-state index contributed by atoms with van der Waals surface area (Å²) < 4.78 is 23.2. The average Bonchev–Trinajstić information content (AvgIpc) is 3.05. The molecule has 2 aliphatic heterocycles. The number of rotatable bonds is 4. The Labute approximate surface area is 175 Å². The standard InChI is InChI=1S/C20H27N5O4S/c1-24(2)20-21-11-15-17(23-20)10-16(22-19(15)27)14-3-6-25(7-4-14)18(26)9-13-5-8-30(28,29)12-13/h10-11,13-14H,3-9,12H2,1-2H3,(H,22,27). The molecule has 0 spiro atoms. The van der Waals surface area contributed by atoms with Gasteiger partial charge in [0.25, 0.3) is 5.56 Å². The summed E-state index contributed by atoms with van der Waals surface area (Å²) in [6, 6.07) is 1.91. The number of anilines is 1. The van der Waals surface area contributed by atoms with E-state index in [1.165, 1.54) is 0 Å². The fourth-order valence-electron chi connectivity index (χ4n) is 4.34. The highest BCUT2D eigenvalue weighted by Gasteiger charge is 2.32. The third-order valence-electron chi connectivity index (χ3n) is 6.08. The minimum absolute atomic E-state index is 0.0333. The van der Waals surface area contributed by atoms with Crippen molar-refractivity contribution in [2.75, 3.05) is 43.6 Å². The fraction of sp³-hybridized carbons (Fsp3) is 0.600. The number of sulfone groups is 1. The van der Waals surface area contributed by atoms with Gasteiger partial charge in [-0.05, 0) is 31.2 Å². The molecule has 10 heteroatoms. The van der Waals surface area contributed by atoms with Crippen LogP contribution >= 0.6 is 0 Å². The van der Waals surface area contributed by atoms with Crippen LogP contribution in [-0.4, -0.2) is 72.9 Å². The Bertz CT molecular complexity index is 1120. The minimum atomic E-state index is -2.97. The second-order valence-corrected chi connectivity index (χ2v) is 10.8. The molecule has 4 heterocycles. The summed E-state index contributed by atoms with van der Waals surface area (Å²) in [7, 11) is 0.735. The Morgan fingerprint density at radius 1 is 1.27 bits per heavy atom. The Hall–Kier alpha value is -2.49. The van der Waals surface area contributed by atoms with Crippen molar-refractivity contribution in [2.24, 2.45) is 5.92 Å². The monoisotopic (exact) mass is 433 g/mol. The van der Waals surface area contributed by atoms with E-state index in [0.29, 0.717) is 42.8 Å². The highest BCUT2D eigenvalue weighted by Crippen LogP contribution is 2.29. The Morgan fingerprint density at radius 2 is 2.00 bits per heavy atom. The molecular formula is C20H27N5O4S. The molecule has 2 aromatic rings. The number of nitrogens with one attached hydrogen (secondary N) is 1. The largest absolute Gasteiger partial charge is 0.347 e. The first-order valence-electron chi connectivity index (χ1n) is 10.3. The summed E-state index contributed by atoms with van der Waals surface area (Å²) in [4.78, 5) is 40.3. The molecule has 0 aromatic carbocycles. The maximum Gasteiger partial charge on any atom is 0.259 e. The number of hydrogen-bond acceptors (Lipinski definition) is 7. The number of pyridine rings is 1. The molecule has 0 saturated carbocycles. The van der Waals surface area contributed by atoms with Gasteiger partial charge in [-0.1, -0.05) is 0 Å². The van der Waals surface area contributed by atoms with E-state index < -0.39 is 9.84 Å². The first-order chi connectivity index (χ1) is 14.2. The van der Waals surface area contributed by atoms with E-state index in [1.54, 1.807) is 11.1 Å². The minimum Gasteiger partial charge on any atom is -0.347 e. The van der Waals surface area contributed by atoms with Crippen LogP contribution in [0.2, 0.25) is 0 Å². The van der Waals surface area contributed by atoms with Crippen LogP contribution < -0.4 is 10.5 Å². The van der Waals surface area contributed by atoms with Crippen molar-refractivity contribution in [3.63, 3.8) is 0 Å². The third kappa shape index (κ3) is 4.33. The molecule has 1 amide bonds. The van der Waals surface area contributed by atoms with Crippen LogP contribution in [0.25, 0.3) is 10.9 Å². The van der Waals surface area contributed by atoms with Crippen molar-refractivity contribution >= 4 is 32.6 Å². The first-order valence-corrected chi connectivity index (χ1v) is 12.1. The Morgan fingerprint density at radius 3 is 2.63 bits per heavy atom. The number of piperidine rings is 1. The molecule has 1 N–H and O–H groups in total. The molecule has 2 aromatic heterocycles. The van der Waals surface area contributed by atoms with Gasteiger partial charge in [0.15, 0.2) is 9.84 Å². The molecule has 1 unspecified atom stereocenters. The van der Waals surface area contributed by atoms with E-state index in [2.05, 4.69) is 15.0 Å². The second kappa shape index (κ2) is 7.98. The molecule has 2 saturated heterocycles. The number of carbonyl (C=O) groups is 1. The summed E-state index contributed by atoms with van der Waals surface area (Å²) in [6.07, 6.45) is 3.94. The zero-order chi connectivity index (χ0) is 21.5. The summed E-state index contributed by atoms with van der Waals surface area (Å²) in [5, 5.41) is 0.462. The maximum atomic E-state index is 12.6. The van der Waals surface area contributed by atoms with E-state index >= 15 is 0 Å². The number of likely N-dealkylation sites (tertiary alicyclic amines) is 1. The number of hydrogen-bond donors (Lipinski definition) is 1. The van der Waals surface area contributed by atoms with Gasteiger partial charge in [0.05, 0.1) is 22.4 Å². The highest BCUT2D eigenvalue weighted by molar-refractivity contribution is 7.91. The number of fused-ring (bicyclic) bond motifs is 1. The number of nitrogens with zero attached hydrogens (tertiary/aromatic N) is 4. The molecule has 9 nitrogen and oxygen atoms in total. The molecule has 4 rings (SSSR count). The number of aromatic amines is 1. The van der Waals surface area contributed by atoms with Crippen LogP contribution in [0.3, 0.4) is 0 Å². The van der Waals surface area contributed by atoms with Crippen LogP contribution in [0.5, 0.6) is 0 Å². The van der Waals surface area contributed by atoms with Crippen molar-refractivity contribution in [2.45, 2.75) is 31.6 Å². The molecule has 0 bridgehead atoms. The van der Waals surface area contributed by atoms with Crippen LogP contribution in [-0.2, 0) is 14.6 Å². The lowest BCUT2D eigenvalue weighted by atomic mass is 9.92. The van der Waals surface area contributed by atoms with Gasteiger partial charge in [0, 0.05) is 51.4 Å². The molecule has 162 valence electrons. The maximum absolute atomic E-state index is 12.6. The van der Waals surface area contributed by atoms with Crippen LogP contribution in [0.4, 0.5) is 5.95 Å². The van der Waals surface area contributed by atoms with Crippen molar-refractivity contribution in [1.82, 2.24) is 19.9 Å². The lowest BCUT2D eigenvalue weighted by molar-refractivity contribution is -0.133. The van der Waals surface area contributed by atoms with Gasteiger partial charge in [-0.15, -0.1) is 0 Å². The van der Waals surface area contributed by atoms with Crippen LogP contribution in [0.1, 0.15) is 37.3 Å². The SMILES string of the molecule is CN(C)c1ncc2c(=O)[nH]c(C3CCN(C(=O)CC4CCS(=O)(=O)C4)CC3)cc2n1. The van der Waals surface area contributed by atoms with E-state index in [9.17, 15) is 18.0 Å². The quantitative estimate of drug-likeness (QED) is 0.762. The van der Waals surface area contributed by atoms with Gasteiger partial charge in [0.2, 0.25) is 11.9 Å². The summed E-state index contributed by atoms with van der Waals surface area (Å²) in [5.74, 6) is 1.00. The van der Waals surface area contributed by atoms with Crippen molar-refractivity contribution in [1.29, 1.82) is 0 Å². The molecular weight excluding hydrogens is 406 g/mol. The van der Waals surface area contributed by atoms with E-state index in [4.69, 9.17) is 0 Å². The molecule has 2 fully saturated rings. The summed E-state index contributed by atoms with van der Waals surface area (Å²) >= 11 is 0. The van der Waals surface area contributed by atoms with Gasteiger partial charge in [0.1, 0.15) is 0 Å². The third-order valence-corrected chi connectivity index (χ3v) is 7.91. The van der Waals surface area contributed by atoms with Crippen molar-refractivity contribution in [3.05, 3.63) is 28.3 Å². The van der Waals surface area contributed by atoms with Crippen LogP contribution in [0.15, 0.2) is 17.1 Å². The summed E-state index contributed by atoms with van der Waals surface area (Å²) in [6.45, 7) is 1.21. The van der Waals surface area contributed by atoms with Gasteiger partial charge in [-0.3, -0.25) is 9.59 Å². The predicted octanol–water partition coefficient (Wildman–Crippen LogP) is 0.915. The average molecular weight is 434 g/mol. The molecule has 0 aliphatic carbocycles. The normalized spacial score (nSPS) is 21.8. The number of H-pyrrole nitrogens is 1. The topological polar surface area (TPSA) is 116 Å². The van der Waals surface area contributed by atoms with Crippen molar-refractivity contribution < 1.29 is 13.2 Å². The Balaban J connectivity index is 1.43. The lowest BCUT2D eigenvalue weighted by Crippen LogP contribution is -2.39. The highest BCUT2D eigenvalue weighted by atomic mass is 32.2. The predicted molar refractivity (Wildman–Crippen MR) is 114 cm³/mol. The van der Waals surface area contributed by atoms with Gasteiger partial charge >= 0.3 is 0 Å². The smallest absolute Gasteiger partial charge is 0.259 e. The number of carbonyl (C=O) groups excluding carboxylic acids is 1. The molecule has 2 aliphatic rings. The van der Waals surface area contributed by atoms with E-state index in [1.807, 2.05) is 25.1 Å². The first kappa shape index (κ1) is 20.8. The lowest BCUT2D eigenvalue weighted by Gasteiger charge is -2.32. The van der Waals surface area contributed by atoms with Gasteiger partial charge in [-0.25, -0.2) is 18.4 Å². The molecule has 1 atom stereocenters. The number of amides is 1. The molecule has 30 heavy (non-hydrogen) atoms. The zero-order valence-electron chi connectivity index (χ0n) is 17.3. The van der Waals surface area contributed by atoms with E-state index in [-0.39, 0.29) is 34.8 Å². The second-order valence-electron chi connectivity index (χ2n) is 8.55. The summed E-state index contributed by atoms with van der Waals surface area (Å²) in [5.41, 5.74) is 1.26. The Kier molecular flexibility index (Phi) is 5.52. The zero-order valence-corrected chi connectivity index (χ0v) is 18.1. The number of aromatic nitrogens is 3. The fourth-order valence-corrected chi connectivity index (χ4v) is 6.20. The van der Waals surface area contributed by atoms with Gasteiger partial charge in [-0.2, -0.15) is 0 Å². The molecule has 0 radical (unpaired) electrons.